The number of fused-ring (bicyclic) bond motifs is 4. The van der Waals surface area contributed by atoms with Gasteiger partial charge in [0.05, 0.1) is 20.8 Å². The van der Waals surface area contributed by atoms with Crippen molar-refractivity contribution < 1.29 is 18.7 Å². The van der Waals surface area contributed by atoms with Gasteiger partial charge in [0, 0.05) is 28.9 Å². The molecule has 2 aromatic carbocycles. The highest BCUT2D eigenvalue weighted by atomic mass is 16.7. The molecular formula is C30H36N2O4. The summed E-state index contributed by atoms with van der Waals surface area (Å²) in [4.78, 5) is 9.09. The summed E-state index contributed by atoms with van der Waals surface area (Å²) < 4.78 is 17.6. The van der Waals surface area contributed by atoms with Crippen LogP contribution in [0.1, 0.15) is 63.2 Å². The Kier molecular flexibility index (Phi) is 6.06. The number of benzene rings is 2. The molecule has 6 nitrogen and oxygen atoms in total. The molecule has 6 heteroatoms. The van der Waals surface area contributed by atoms with Gasteiger partial charge in [0.25, 0.3) is 0 Å². The van der Waals surface area contributed by atoms with E-state index in [0.29, 0.717) is 18.4 Å². The summed E-state index contributed by atoms with van der Waals surface area (Å²) in [5.41, 5.74) is 1.47. The maximum absolute atomic E-state index is 6.68. The Hall–Kier alpha value is -3.15. The van der Waals surface area contributed by atoms with E-state index in [2.05, 4.69) is 30.0 Å². The number of furan rings is 1. The van der Waals surface area contributed by atoms with Gasteiger partial charge in [0.2, 0.25) is 11.6 Å². The molecular weight excluding hydrogens is 452 g/mol. The van der Waals surface area contributed by atoms with Gasteiger partial charge in [0.1, 0.15) is 17.1 Å². The molecule has 3 aromatic rings. The first-order valence-corrected chi connectivity index (χ1v) is 13.4. The highest BCUT2D eigenvalue weighted by Crippen LogP contribution is 2.54. The maximum Gasteiger partial charge on any atom is 0.217 e. The van der Waals surface area contributed by atoms with E-state index in [1.807, 2.05) is 30.3 Å². The molecule has 2 bridgehead atoms. The van der Waals surface area contributed by atoms with Crippen molar-refractivity contribution in [3.05, 3.63) is 59.9 Å². The van der Waals surface area contributed by atoms with Crippen LogP contribution in [0.2, 0.25) is 0 Å². The van der Waals surface area contributed by atoms with Crippen molar-refractivity contribution in [1.29, 1.82) is 0 Å². The summed E-state index contributed by atoms with van der Waals surface area (Å²) in [6.07, 6.45) is 8.53. The zero-order chi connectivity index (χ0) is 24.7. The van der Waals surface area contributed by atoms with Crippen molar-refractivity contribution in [3.63, 3.8) is 0 Å². The molecule has 0 amide bonds. The molecule has 1 aromatic heterocycles. The number of rotatable bonds is 6. The zero-order valence-corrected chi connectivity index (χ0v) is 21.5. The van der Waals surface area contributed by atoms with Crippen LogP contribution in [-0.4, -0.2) is 30.7 Å². The van der Waals surface area contributed by atoms with E-state index in [1.165, 1.54) is 38.5 Å². The summed E-state index contributed by atoms with van der Waals surface area (Å²) in [5, 5.41) is 5.88. The molecule has 3 aliphatic rings. The second kappa shape index (κ2) is 9.38. The molecule has 190 valence electrons. The Balaban J connectivity index is 1.46. The number of amidine groups is 1. The molecule has 4 unspecified atom stereocenters. The molecule has 6 rings (SSSR count). The molecule has 2 heterocycles. The number of methoxy groups -OCH3 is 2. The number of hydrogen-bond donors (Lipinski definition) is 0. The standard InChI is InChI=1S/C30H36N2O4/c1-4-23-15-20-9-5-7-11-24(16-20)30(23)32(19-22-13-14-25(33-2)18-27(22)34-3)29(31-36-30)28-17-21-10-6-8-12-26(21)35-28/h6,8,10,12-14,17-18,20,23-24H,4-5,7,9,11,15-16,19H2,1-3H3. The molecule has 0 N–H and O–H groups in total. The number of para-hydroxylation sites is 1. The third-order valence-corrected chi connectivity index (χ3v) is 8.74. The van der Waals surface area contributed by atoms with Crippen molar-refractivity contribution in [2.24, 2.45) is 22.9 Å². The fourth-order valence-electron chi connectivity index (χ4n) is 7.01. The van der Waals surface area contributed by atoms with Gasteiger partial charge in [-0.1, -0.05) is 49.5 Å². The SMILES string of the molecule is CCC1CC2CCCCC(C2)C12ON=C(c1cc3ccccc3o1)N2Cc1ccc(OC)cc1OC. The first-order valence-electron chi connectivity index (χ1n) is 13.4. The fraction of sp³-hybridized carbons (Fsp3) is 0.500. The van der Waals surface area contributed by atoms with Crippen molar-refractivity contribution in [1.82, 2.24) is 4.90 Å². The van der Waals surface area contributed by atoms with E-state index in [-0.39, 0.29) is 0 Å². The number of nitrogens with zero attached hydrogens (tertiary/aromatic N) is 2. The Morgan fingerprint density at radius 1 is 1.03 bits per heavy atom. The third kappa shape index (κ3) is 3.73. The van der Waals surface area contributed by atoms with Crippen LogP contribution in [-0.2, 0) is 11.4 Å². The smallest absolute Gasteiger partial charge is 0.217 e. The van der Waals surface area contributed by atoms with Crippen molar-refractivity contribution in [2.75, 3.05) is 14.2 Å². The van der Waals surface area contributed by atoms with Crippen LogP contribution in [0.5, 0.6) is 11.5 Å². The van der Waals surface area contributed by atoms with Crippen LogP contribution in [0.4, 0.5) is 0 Å². The first kappa shape index (κ1) is 23.3. The van der Waals surface area contributed by atoms with E-state index in [0.717, 1.165) is 52.0 Å². The predicted octanol–water partition coefficient (Wildman–Crippen LogP) is 6.97. The minimum atomic E-state index is -0.477. The van der Waals surface area contributed by atoms with Crippen molar-refractivity contribution >= 4 is 16.8 Å². The molecule has 2 fully saturated rings. The molecule has 36 heavy (non-hydrogen) atoms. The summed E-state index contributed by atoms with van der Waals surface area (Å²) >= 11 is 0. The maximum atomic E-state index is 6.68. The van der Waals surface area contributed by atoms with E-state index < -0.39 is 5.72 Å². The normalized spacial score (nSPS) is 27.6. The van der Waals surface area contributed by atoms with Crippen LogP contribution in [0, 0.1) is 17.8 Å². The van der Waals surface area contributed by atoms with Crippen LogP contribution >= 0.6 is 0 Å². The minimum Gasteiger partial charge on any atom is -0.497 e. The molecule has 0 saturated heterocycles. The Morgan fingerprint density at radius 2 is 1.89 bits per heavy atom. The largest absolute Gasteiger partial charge is 0.497 e. The lowest BCUT2D eigenvalue weighted by Gasteiger charge is -2.51. The van der Waals surface area contributed by atoms with E-state index in [1.54, 1.807) is 14.2 Å². The molecule has 0 radical (unpaired) electrons. The topological polar surface area (TPSA) is 56.4 Å². The summed E-state index contributed by atoms with van der Waals surface area (Å²) in [6.45, 7) is 2.93. The molecule has 2 saturated carbocycles. The average molecular weight is 489 g/mol. The summed E-state index contributed by atoms with van der Waals surface area (Å²) in [5.74, 6) is 4.74. The molecule has 1 aliphatic heterocycles. The van der Waals surface area contributed by atoms with E-state index >= 15 is 0 Å². The van der Waals surface area contributed by atoms with Crippen LogP contribution in [0.15, 0.2) is 58.1 Å². The summed E-state index contributed by atoms with van der Waals surface area (Å²) in [6, 6.07) is 16.3. The van der Waals surface area contributed by atoms with Gasteiger partial charge in [-0.25, -0.2) is 0 Å². The average Bonchev–Trinajstić information content (AvgIpc) is 3.43. The van der Waals surface area contributed by atoms with Gasteiger partial charge in [-0.3, -0.25) is 0 Å². The number of hydrogen-bond acceptors (Lipinski definition) is 6. The lowest BCUT2D eigenvalue weighted by molar-refractivity contribution is -0.205. The Morgan fingerprint density at radius 3 is 2.69 bits per heavy atom. The van der Waals surface area contributed by atoms with E-state index in [4.69, 9.17) is 23.9 Å². The monoisotopic (exact) mass is 488 g/mol. The van der Waals surface area contributed by atoms with Gasteiger partial charge in [0.15, 0.2) is 5.76 Å². The van der Waals surface area contributed by atoms with Gasteiger partial charge in [-0.2, -0.15) is 0 Å². The Bertz CT molecular complexity index is 1230. The molecule has 2 aliphatic carbocycles. The first-order chi connectivity index (χ1) is 17.7. The van der Waals surface area contributed by atoms with Crippen molar-refractivity contribution in [3.8, 4) is 11.5 Å². The fourth-order valence-corrected chi connectivity index (χ4v) is 7.01. The van der Waals surface area contributed by atoms with Crippen molar-refractivity contribution in [2.45, 2.75) is 64.1 Å². The quantitative estimate of drug-likeness (QED) is 0.375. The molecule has 1 spiro atoms. The number of ether oxygens (including phenoxy) is 2. The molecule has 4 atom stereocenters. The van der Waals surface area contributed by atoms with Gasteiger partial charge >= 0.3 is 0 Å². The van der Waals surface area contributed by atoms with E-state index in [9.17, 15) is 0 Å². The zero-order valence-electron chi connectivity index (χ0n) is 21.5. The van der Waals surface area contributed by atoms with Crippen LogP contribution < -0.4 is 9.47 Å². The number of oxime groups is 1. The van der Waals surface area contributed by atoms with Gasteiger partial charge in [-0.05, 0) is 55.9 Å². The van der Waals surface area contributed by atoms with Gasteiger partial charge < -0.3 is 23.6 Å². The second-order valence-corrected chi connectivity index (χ2v) is 10.6. The van der Waals surface area contributed by atoms with Crippen LogP contribution in [0.3, 0.4) is 0 Å². The highest BCUT2D eigenvalue weighted by molar-refractivity contribution is 6.00. The second-order valence-electron chi connectivity index (χ2n) is 10.6. The van der Waals surface area contributed by atoms with Crippen LogP contribution in [0.25, 0.3) is 11.0 Å². The third-order valence-electron chi connectivity index (χ3n) is 8.74. The lowest BCUT2D eigenvalue weighted by atomic mass is 9.66. The minimum absolute atomic E-state index is 0.397. The summed E-state index contributed by atoms with van der Waals surface area (Å²) in [7, 11) is 3.40. The predicted molar refractivity (Wildman–Crippen MR) is 140 cm³/mol. The van der Waals surface area contributed by atoms with Gasteiger partial charge in [-0.15, -0.1) is 0 Å². The highest BCUT2D eigenvalue weighted by Gasteiger charge is 2.60. The lowest BCUT2D eigenvalue weighted by Crippen LogP contribution is -2.60. The Labute approximate surface area is 213 Å².